The zero-order chi connectivity index (χ0) is 24.7. The van der Waals surface area contributed by atoms with Gasteiger partial charge in [-0.05, 0) is 29.3 Å². The molecule has 0 aliphatic carbocycles. The van der Waals surface area contributed by atoms with Crippen molar-refractivity contribution in [1.29, 1.82) is 0 Å². The van der Waals surface area contributed by atoms with Crippen LogP contribution in [0.2, 0.25) is 0 Å². The summed E-state index contributed by atoms with van der Waals surface area (Å²) in [6.07, 6.45) is 0.388. The molecular weight excluding hydrogens is 484 g/mol. The predicted molar refractivity (Wildman–Crippen MR) is 124 cm³/mol. The second-order valence-electron chi connectivity index (χ2n) is 7.38. The number of para-hydroxylation sites is 1. The number of aromatic amines is 2. The van der Waals surface area contributed by atoms with E-state index in [9.17, 15) is 16.8 Å². The van der Waals surface area contributed by atoms with E-state index >= 15 is 0 Å². The minimum Gasteiger partial charge on any atom is -0.369 e. The summed E-state index contributed by atoms with van der Waals surface area (Å²) in [5.74, 6) is -0.0338. The van der Waals surface area contributed by atoms with Crippen LogP contribution in [-0.2, 0) is 20.0 Å². The van der Waals surface area contributed by atoms with Crippen molar-refractivity contribution in [2.24, 2.45) is 10.9 Å². The minimum atomic E-state index is -4.63. The van der Waals surface area contributed by atoms with E-state index in [1.54, 1.807) is 25.1 Å². The molecule has 2 aromatic heterocycles. The topological polar surface area (TPSA) is 242 Å². The number of anilines is 1. The van der Waals surface area contributed by atoms with E-state index in [1.165, 1.54) is 6.07 Å². The smallest absolute Gasteiger partial charge is 0.242 e. The van der Waals surface area contributed by atoms with E-state index in [1.807, 2.05) is 0 Å². The zero-order valence-electron chi connectivity index (χ0n) is 17.8. The molecule has 0 bridgehead atoms. The fraction of sp³-hybridized carbons (Fsp3) is 0.222. The number of nitrogens with two attached hydrogens (primary N) is 3. The molecule has 2 aromatic carbocycles. The average Bonchev–Trinajstić information content (AvgIpc) is 3.44. The molecule has 14 nitrogen and oxygen atoms in total. The highest BCUT2D eigenvalue weighted by Crippen LogP contribution is 2.40. The van der Waals surface area contributed by atoms with E-state index in [2.05, 4.69) is 35.3 Å². The molecule has 0 amide bonds. The maximum atomic E-state index is 13.2. The molecule has 4 aromatic rings. The largest absolute Gasteiger partial charge is 0.369 e. The van der Waals surface area contributed by atoms with Crippen molar-refractivity contribution in [3.63, 3.8) is 0 Å². The van der Waals surface area contributed by atoms with E-state index in [0.29, 0.717) is 23.0 Å². The summed E-state index contributed by atoms with van der Waals surface area (Å²) < 4.78 is 54.5. The van der Waals surface area contributed by atoms with Gasteiger partial charge in [-0.1, -0.05) is 25.1 Å². The van der Waals surface area contributed by atoms with Gasteiger partial charge >= 0.3 is 0 Å². The van der Waals surface area contributed by atoms with Gasteiger partial charge in [0.15, 0.2) is 5.95 Å². The van der Waals surface area contributed by atoms with Crippen LogP contribution in [0.1, 0.15) is 13.3 Å². The molecule has 0 aliphatic heterocycles. The first-order chi connectivity index (χ1) is 16.1. The lowest BCUT2D eigenvalue weighted by molar-refractivity contribution is 0.539. The Hall–Kier alpha value is -3.44. The van der Waals surface area contributed by atoms with Crippen LogP contribution < -0.4 is 21.3 Å². The number of sulfonamides is 2. The van der Waals surface area contributed by atoms with Crippen LogP contribution in [0.4, 0.5) is 5.95 Å². The van der Waals surface area contributed by atoms with Gasteiger partial charge in [-0.2, -0.15) is 5.21 Å². The Bertz CT molecular complexity index is 1560. The fourth-order valence-electron chi connectivity index (χ4n) is 3.62. The van der Waals surface area contributed by atoms with Crippen molar-refractivity contribution in [1.82, 2.24) is 35.3 Å². The molecule has 16 heteroatoms. The standard InChI is InChI=1S/C18H22N10O4S2/c1-2-9(8-19)26-34(31,32)13-7-6-10(11-4-3-5-12-15(11)23-18(20)22-12)14(16(13)33(21,29)30)17-24-27-28-25-17/h3-7,9,26H,2,8,19H2,1H3,(H3,20,22,23)(H2,21,29,30)(H,24,25,27,28)/t9-/m0/s1. The molecule has 0 aliphatic rings. The maximum absolute atomic E-state index is 13.2. The van der Waals surface area contributed by atoms with E-state index < -0.39 is 35.9 Å². The second-order valence-corrected chi connectivity index (χ2v) is 10.6. The van der Waals surface area contributed by atoms with Gasteiger partial charge in [0.25, 0.3) is 0 Å². The van der Waals surface area contributed by atoms with Gasteiger partial charge in [-0.25, -0.2) is 31.7 Å². The molecule has 2 heterocycles. The van der Waals surface area contributed by atoms with Gasteiger partial charge in [-0.15, -0.1) is 10.2 Å². The normalized spacial score (nSPS) is 13.4. The van der Waals surface area contributed by atoms with Gasteiger partial charge in [0, 0.05) is 18.2 Å². The number of nitrogens with one attached hydrogen (secondary N) is 3. The lowest BCUT2D eigenvalue weighted by atomic mass is 9.98. The number of fused-ring (bicyclic) bond motifs is 1. The van der Waals surface area contributed by atoms with Crippen LogP contribution >= 0.6 is 0 Å². The number of H-pyrrole nitrogens is 2. The molecule has 0 spiro atoms. The molecule has 180 valence electrons. The van der Waals surface area contributed by atoms with Crippen LogP contribution in [0.3, 0.4) is 0 Å². The first-order valence-corrected chi connectivity index (χ1v) is 13.0. The van der Waals surface area contributed by atoms with Crippen molar-refractivity contribution < 1.29 is 16.8 Å². The summed E-state index contributed by atoms with van der Waals surface area (Å²) in [4.78, 5) is 5.90. The zero-order valence-corrected chi connectivity index (χ0v) is 19.5. The number of benzene rings is 2. The van der Waals surface area contributed by atoms with Crippen molar-refractivity contribution in [3.8, 4) is 22.5 Å². The van der Waals surface area contributed by atoms with Crippen molar-refractivity contribution in [2.45, 2.75) is 29.2 Å². The summed E-state index contributed by atoms with van der Waals surface area (Å²) >= 11 is 0. The molecule has 0 radical (unpaired) electrons. The molecule has 0 saturated heterocycles. The summed E-state index contributed by atoms with van der Waals surface area (Å²) in [7, 11) is -8.99. The highest BCUT2D eigenvalue weighted by atomic mass is 32.2. The number of hydrogen-bond donors (Lipinski definition) is 6. The molecular formula is C18H22N10O4S2. The molecule has 34 heavy (non-hydrogen) atoms. The van der Waals surface area contributed by atoms with Crippen molar-refractivity contribution >= 4 is 37.0 Å². The third-order valence-electron chi connectivity index (χ3n) is 5.18. The van der Waals surface area contributed by atoms with E-state index in [4.69, 9.17) is 16.6 Å². The predicted octanol–water partition coefficient (Wildman–Crippen LogP) is -0.345. The van der Waals surface area contributed by atoms with Crippen LogP contribution in [0.25, 0.3) is 33.5 Å². The Kier molecular flexibility index (Phi) is 6.09. The molecule has 0 unspecified atom stereocenters. The Morgan fingerprint density at radius 1 is 1.12 bits per heavy atom. The number of imidazole rings is 1. The first-order valence-electron chi connectivity index (χ1n) is 9.97. The SMILES string of the molecule is CC[C@@H](CN)NS(=O)(=O)c1ccc(-c2cccc3[nH]c(N)nc23)c(-c2nn[nH]n2)c1S(N)(=O)=O. The summed E-state index contributed by atoms with van der Waals surface area (Å²) in [5, 5.41) is 19.1. The van der Waals surface area contributed by atoms with Crippen LogP contribution in [0.5, 0.6) is 0 Å². The average molecular weight is 507 g/mol. The first kappa shape index (κ1) is 23.7. The van der Waals surface area contributed by atoms with Crippen molar-refractivity contribution in [2.75, 3.05) is 12.3 Å². The Balaban J connectivity index is 2.10. The van der Waals surface area contributed by atoms with Crippen LogP contribution in [0.15, 0.2) is 40.1 Å². The number of tetrazole rings is 1. The molecule has 9 N–H and O–H groups in total. The summed E-state index contributed by atoms with van der Waals surface area (Å²) in [6.45, 7) is 1.75. The molecule has 0 fully saturated rings. The lowest BCUT2D eigenvalue weighted by Crippen LogP contribution is -2.40. The third-order valence-corrected chi connectivity index (χ3v) is 7.87. The third kappa shape index (κ3) is 4.24. The Labute approximate surface area is 194 Å². The fourth-order valence-corrected chi connectivity index (χ4v) is 6.56. The quantitative estimate of drug-likeness (QED) is 0.181. The van der Waals surface area contributed by atoms with E-state index in [-0.39, 0.29) is 29.4 Å². The van der Waals surface area contributed by atoms with Crippen LogP contribution in [-0.4, -0.2) is 60.0 Å². The highest BCUT2D eigenvalue weighted by Gasteiger charge is 2.33. The minimum absolute atomic E-state index is 0.0127. The van der Waals surface area contributed by atoms with Gasteiger partial charge in [0.05, 0.1) is 16.6 Å². The molecule has 4 rings (SSSR count). The summed E-state index contributed by atoms with van der Waals surface area (Å²) in [5.41, 5.74) is 13.0. The van der Waals surface area contributed by atoms with Gasteiger partial charge in [-0.3, -0.25) is 0 Å². The van der Waals surface area contributed by atoms with E-state index in [0.717, 1.165) is 6.07 Å². The maximum Gasteiger partial charge on any atom is 0.242 e. The van der Waals surface area contributed by atoms with Crippen molar-refractivity contribution in [3.05, 3.63) is 30.3 Å². The number of aromatic nitrogens is 6. The monoisotopic (exact) mass is 506 g/mol. The Morgan fingerprint density at radius 2 is 1.88 bits per heavy atom. The summed E-state index contributed by atoms with van der Waals surface area (Å²) in [6, 6.07) is 7.06. The van der Waals surface area contributed by atoms with Gasteiger partial charge in [0.1, 0.15) is 9.79 Å². The number of rotatable bonds is 8. The molecule has 0 saturated carbocycles. The van der Waals surface area contributed by atoms with Gasteiger partial charge < -0.3 is 16.5 Å². The second kappa shape index (κ2) is 8.73. The highest BCUT2D eigenvalue weighted by molar-refractivity contribution is 7.92. The Morgan fingerprint density at radius 3 is 2.50 bits per heavy atom. The van der Waals surface area contributed by atoms with Gasteiger partial charge in [0.2, 0.25) is 25.9 Å². The number of hydrogen-bond acceptors (Lipinski definition) is 10. The number of nitrogen functional groups attached to an aromatic ring is 1. The number of primary sulfonamides is 1. The molecule has 1 atom stereocenters. The lowest BCUT2D eigenvalue weighted by Gasteiger charge is -2.19. The van der Waals surface area contributed by atoms with Crippen LogP contribution in [0, 0.1) is 0 Å². The number of nitrogens with zero attached hydrogens (tertiary/aromatic N) is 4.